The summed E-state index contributed by atoms with van der Waals surface area (Å²) in [6.07, 6.45) is -2.96. The summed E-state index contributed by atoms with van der Waals surface area (Å²) in [6.45, 7) is 1.79. The number of piperazine rings is 1. The maximum atomic E-state index is 13.2. The molecule has 0 unspecified atom stereocenters. The first-order valence-corrected chi connectivity index (χ1v) is 11.5. The molecule has 0 atom stereocenters. The molecule has 12 heteroatoms. The second-order valence-corrected chi connectivity index (χ2v) is 8.58. The van der Waals surface area contributed by atoms with Crippen molar-refractivity contribution in [1.82, 2.24) is 24.5 Å². The number of rotatable bonds is 5. The number of alkyl halides is 3. The van der Waals surface area contributed by atoms with Gasteiger partial charge in [0.15, 0.2) is 6.61 Å². The lowest BCUT2D eigenvalue weighted by atomic mass is 10.1. The zero-order chi connectivity index (χ0) is 25.3. The Morgan fingerprint density at radius 2 is 1.78 bits per heavy atom. The van der Waals surface area contributed by atoms with Gasteiger partial charge in [-0.05, 0) is 42.5 Å². The van der Waals surface area contributed by atoms with Gasteiger partial charge in [0.2, 0.25) is 5.95 Å². The monoisotopic (exact) mass is 516 g/mol. The fourth-order valence-electron chi connectivity index (χ4n) is 3.91. The molecule has 1 aliphatic rings. The molecule has 2 aromatic carbocycles. The van der Waals surface area contributed by atoms with Gasteiger partial charge in [0.1, 0.15) is 5.75 Å². The third-order valence-corrected chi connectivity index (χ3v) is 6.06. The highest BCUT2D eigenvalue weighted by molar-refractivity contribution is 6.30. The molecule has 1 aliphatic heterocycles. The Morgan fingerprint density at radius 3 is 2.50 bits per heavy atom. The summed E-state index contributed by atoms with van der Waals surface area (Å²) in [5, 5.41) is 5.09. The van der Waals surface area contributed by atoms with Crippen LogP contribution in [0.15, 0.2) is 60.8 Å². The van der Waals surface area contributed by atoms with Crippen LogP contribution in [0, 0.1) is 0 Å². The van der Waals surface area contributed by atoms with E-state index in [1.165, 1.54) is 16.8 Å². The molecule has 36 heavy (non-hydrogen) atoms. The van der Waals surface area contributed by atoms with Crippen LogP contribution in [-0.4, -0.2) is 63.2 Å². The molecule has 0 radical (unpaired) electrons. The van der Waals surface area contributed by atoms with E-state index in [0.29, 0.717) is 54.2 Å². The van der Waals surface area contributed by atoms with Crippen molar-refractivity contribution in [2.45, 2.75) is 6.18 Å². The minimum atomic E-state index is -4.45. The van der Waals surface area contributed by atoms with Crippen molar-refractivity contribution in [3.8, 4) is 17.0 Å². The molecule has 0 aliphatic carbocycles. The predicted octanol–water partition coefficient (Wildman–Crippen LogP) is 4.19. The standard InChI is InChI=1S/C24H20ClF3N6O2/c25-18-4-6-19(7-5-18)36-15-21(35)32-10-12-33(13-11-32)23-30-22-29-9-8-20(34(22)31-23)16-2-1-3-17(14-16)24(26,27)28/h1-9,14H,10-13,15H2. The normalized spacial score (nSPS) is 14.3. The molecule has 0 spiro atoms. The molecule has 8 nitrogen and oxygen atoms in total. The minimum absolute atomic E-state index is 0.0848. The van der Waals surface area contributed by atoms with Gasteiger partial charge in [-0.1, -0.05) is 23.7 Å². The van der Waals surface area contributed by atoms with Crippen molar-refractivity contribution in [1.29, 1.82) is 0 Å². The fourth-order valence-corrected chi connectivity index (χ4v) is 4.04. The van der Waals surface area contributed by atoms with Crippen LogP contribution in [0.3, 0.4) is 0 Å². The van der Waals surface area contributed by atoms with Crippen molar-refractivity contribution in [3.05, 3.63) is 71.4 Å². The van der Waals surface area contributed by atoms with Crippen LogP contribution >= 0.6 is 11.6 Å². The number of carbonyl (C=O) groups excluding carboxylic acids is 1. The number of hydrogen-bond donors (Lipinski definition) is 0. The van der Waals surface area contributed by atoms with Crippen molar-refractivity contribution in [2.24, 2.45) is 0 Å². The predicted molar refractivity (Wildman–Crippen MR) is 127 cm³/mol. The molecular weight excluding hydrogens is 497 g/mol. The molecule has 1 fully saturated rings. The van der Waals surface area contributed by atoms with Crippen LogP contribution in [-0.2, 0) is 11.0 Å². The zero-order valence-electron chi connectivity index (χ0n) is 18.8. The molecule has 186 valence electrons. The number of aromatic nitrogens is 4. The number of anilines is 1. The van der Waals surface area contributed by atoms with Gasteiger partial charge in [0.05, 0.1) is 11.3 Å². The number of fused-ring (bicyclic) bond motifs is 1. The summed E-state index contributed by atoms with van der Waals surface area (Å²) >= 11 is 5.86. The number of benzene rings is 2. The molecule has 0 bridgehead atoms. The number of nitrogens with zero attached hydrogens (tertiary/aromatic N) is 6. The second kappa shape index (κ2) is 9.65. The van der Waals surface area contributed by atoms with Gasteiger partial charge in [-0.2, -0.15) is 22.7 Å². The van der Waals surface area contributed by atoms with E-state index in [2.05, 4.69) is 15.1 Å². The Morgan fingerprint density at radius 1 is 1.03 bits per heavy atom. The number of halogens is 4. The maximum Gasteiger partial charge on any atom is 0.416 e. The SMILES string of the molecule is O=C(COc1ccc(Cl)cc1)N1CCN(c2nc3nccc(-c4cccc(C(F)(F)F)c4)n3n2)CC1. The van der Waals surface area contributed by atoms with Gasteiger partial charge in [-0.15, -0.1) is 5.10 Å². The summed E-state index contributed by atoms with van der Waals surface area (Å²) in [7, 11) is 0. The Hall–Kier alpha value is -3.86. The number of hydrogen-bond acceptors (Lipinski definition) is 6. The summed E-state index contributed by atoms with van der Waals surface area (Å²) in [5.74, 6) is 1.09. The van der Waals surface area contributed by atoms with E-state index in [1.807, 2.05) is 4.90 Å². The van der Waals surface area contributed by atoms with Crippen molar-refractivity contribution >= 4 is 29.2 Å². The van der Waals surface area contributed by atoms with Gasteiger partial charge in [0.25, 0.3) is 11.7 Å². The lowest BCUT2D eigenvalue weighted by Crippen LogP contribution is -2.50. The molecule has 2 aromatic heterocycles. The van der Waals surface area contributed by atoms with E-state index in [9.17, 15) is 18.0 Å². The van der Waals surface area contributed by atoms with Crippen LogP contribution in [0.25, 0.3) is 17.0 Å². The molecule has 0 N–H and O–H groups in total. The van der Waals surface area contributed by atoms with Crippen LogP contribution in [0.2, 0.25) is 5.02 Å². The quantitative estimate of drug-likeness (QED) is 0.396. The van der Waals surface area contributed by atoms with Crippen LogP contribution in [0.5, 0.6) is 5.75 Å². The van der Waals surface area contributed by atoms with Gasteiger partial charge in [-0.3, -0.25) is 4.79 Å². The summed E-state index contributed by atoms with van der Waals surface area (Å²) < 4.78 is 46.5. The molecule has 4 aromatic rings. The average Bonchev–Trinajstić information content (AvgIpc) is 3.32. The first kappa shape index (κ1) is 23.9. The van der Waals surface area contributed by atoms with Crippen LogP contribution < -0.4 is 9.64 Å². The zero-order valence-corrected chi connectivity index (χ0v) is 19.6. The Bertz CT molecular complexity index is 1380. The number of ether oxygens (including phenoxy) is 1. The summed E-state index contributed by atoms with van der Waals surface area (Å²) in [4.78, 5) is 24.8. The number of amides is 1. The Balaban J connectivity index is 1.27. The van der Waals surface area contributed by atoms with E-state index < -0.39 is 11.7 Å². The van der Waals surface area contributed by atoms with E-state index >= 15 is 0 Å². The van der Waals surface area contributed by atoms with E-state index in [0.717, 1.165) is 12.1 Å². The van der Waals surface area contributed by atoms with Gasteiger partial charge in [-0.25, -0.2) is 4.98 Å². The molecule has 3 heterocycles. The lowest BCUT2D eigenvalue weighted by Gasteiger charge is -2.34. The van der Waals surface area contributed by atoms with Gasteiger partial charge < -0.3 is 14.5 Å². The van der Waals surface area contributed by atoms with Gasteiger partial charge in [0, 0.05) is 43.0 Å². The first-order chi connectivity index (χ1) is 17.3. The maximum absolute atomic E-state index is 13.2. The second-order valence-electron chi connectivity index (χ2n) is 8.14. The summed E-state index contributed by atoms with van der Waals surface area (Å²) in [5.41, 5.74) is 0.0499. The average molecular weight is 517 g/mol. The minimum Gasteiger partial charge on any atom is -0.484 e. The number of carbonyl (C=O) groups is 1. The molecule has 0 saturated carbocycles. The van der Waals surface area contributed by atoms with Crippen molar-refractivity contribution in [2.75, 3.05) is 37.7 Å². The van der Waals surface area contributed by atoms with Crippen LogP contribution in [0.1, 0.15) is 5.56 Å². The topological polar surface area (TPSA) is 75.9 Å². The highest BCUT2D eigenvalue weighted by Gasteiger charge is 2.31. The van der Waals surface area contributed by atoms with E-state index in [-0.39, 0.29) is 18.3 Å². The largest absolute Gasteiger partial charge is 0.484 e. The summed E-state index contributed by atoms with van der Waals surface area (Å²) in [6, 6.07) is 13.4. The molecule has 1 saturated heterocycles. The Labute approximate surface area is 208 Å². The third kappa shape index (κ3) is 5.06. The van der Waals surface area contributed by atoms with Crippen molar-refractivity contribution in [3.63, 3.8) is 0 Å². The van der Waals surface area contributed by atoms with Crippen molar-refractivity contribution < 1.29 is 22.7 Å². The van der Waals surface area contributed by atoms with Gasteiger partial charge >= 0.3 is 6.18 Å². The van der Waals surface area contributed by atoms with E-state index in [4.69, 9.17) is 16.3 Å². The molecular formula is C24H20ClF3N6O2. The fraction of sp³-hybridized carbons (Fsp3) is 0.250. The van der Waals surface area contributed by atoms with E-state index in [1.54, 1.807) is 41.3 Å². The smallest absolute Gasteiger partial charge is 0.416 e. The van der Waals surface area contributed by atoms with Crippen LogP contribution in [0.4, 0.5) is 19.1 Å². The first-order valence-electron chi connectivity index (χ1n) is 11.1. The molecule has 1 amide bonds. The Kier molecular flexibility index (Phi) is 6.40. The third-order valence-electron chi connectivity index (χ3n) is 5.81. The highest BCUT2D eigenvalue weighted by atomic mass is 35.5. The lowest BCUT2D eigenvalue weighted by molar-refractivity contribution is -0.137. The molecule has 5 rings (SSSR count). The highest BCUT2D eigenvalue weighted by Crippen LogP contribution is 2.32.